The molecule has 0 amide bonds. The molecular weight excluding hydrogens is 437 g/mol. The monoisotopic (exact) mass is 479 g/mol. The van der Waals surface area contributed by atoms with Crippen LogP contribution in [0.5, 0.6) is 0 Å². The number of hydrogen-bond acceptors (Lipinski definition) is 3. The fraction of sp³-hybridized carbons (Fsp3) is 0.950. The van der Waals surface area contributed by atoms with Crippen molar-refractivity contribution in [1.82, 2.24) is 20.4 Å². The van der Waals surface area contributed by atoms with E-state index in [9.17, 15) is 0 Å². The lowest BCUT2D eigenvalue weighted by Crippen LogP contribution is -2.49. The molecule has 0 saturated carbocycles. The fourth-order valence-corrected chi connectivity index (χ4v) is 3.89. The minimum atomic E-state index is 0. The summed E-state index contributed by atoms with van der Waals surface area (Å²) in [5, 5.41) is 6.92. The molecule has 2 saturated heterocycles. The van der Waals surface area contributed by atoms with Crippen molar-refractivity contribution < 1.29 is 0 Å². The number of piperidine rings is 1. The van der Waals surface area contributed by atoms with Crippen LogP contribution in [0.15, 0.2) is 4.99 Å². The van der Waals surface area contributed by atoms with Crippen molar-refractivity contribution in [2.75, 3.05) is 52.4 Å². The molecule has 5 nitrogen and oxygen atoms in total. The third-order valence-electron chi connectivity index (χ3n) is 5.57. The number of unbranched alkanes of at least 4 members (excludes halogenated alkanes) is 1. The third kappa shape index (κ3) is 8.74. The summed E-state index contributed by atoms with van der Waals surface area (Å²) in [6, 6.07) is 0. The Hall–Kier alpha value is -0.0800. The predicted octanol–water partition coefficient (Wildman–Crippen LogP) is 3.30. The van der Waals surface area contributed by atoms with E-state index in [1.54, 1.807) is 0 Å². The Balaban J connectivity index is 0.00000338. The Morgan fingerprint density at radius 1 is 0.923 bits per heavy atom. The first-order valence-corrected chi connectivity index (χ1v) is 10.6. The summed E-state index contributed by atoms with van der Waals surface area (Å²) >= 11 is 0. The molecule has 0 bridgehead atoms. The molecule has 26 heavy (non-hydrogen) atoms. The van der Waals surface area contributed by atoms with Crippen LogP contribution in [0.4, 0.5) is 0 Å². The molecule has 0 aromatic heterocycles. The van der Waals surface area contributed by atoms with Gasteiger partial charge in [-0.3, -0.25) is 9.89 Å². The van der Waals surface area contributed by atoms with Gasteiger partial charge in [0.2, 0.25) is 0 Å². The lowest BCUT2D eigenvalue weighted by molar-refractivity contribution is 0.102. The first-order valence-electron chi connectivity index (χ1n) is 10.6. The van der Waals surface area contributed by atoms with Gasteiger partial charge in [0, 0.05) is 18.6 Å². The van der Waals surface area contributed by atoms with Crippen molar-refractivity contribution in [3.05, 3.63) is 0 Å². The second-order valence-corrected chi connectivity index (χ2v) is 8.24. The maximum atomic E-state index is 4.88. The standard InChI is InChI=1S/C20H41N5.HI/c1-4-21-19(22-12-6-9-13-24-14-10-11-15-24)23-18-20(2,3)25-16-7-5-8-17-25;/h4-18H2,1-3H3,(H2,21,22,23);1H. The van der Waals surface area contributed by atoms with Crippen molar-refractivity contribution in [2.24, 2.45) is 4.99 Å². The molecule has 0 unspecified atom stereocenters. The minimum Gasteiger partial charge on any atom is -0.357 e. The summed E-state index contributed by atoms with van der Waals surface area (Å²) < 4.78 is 0. The number of aliphatic imine (C=N–C) groups is 1. The number of guanidine groups is 1. The molecule has 2 N–H and O–H groups in total. The van der Waals surface area contributed by atoms with Crippen molar-refractivity contribution >= 4 is 29.9 Å². The van der Waals surface area contributed by atoms with Gasteiger partial charge in [-0.05, 0) is 92.0 Å². The van der Waals surface area contributed by atoms with E-state index in [1.807, 2.05) is 0 Å². The third-order valence-corrected chi connectivity index (χ3v) is 5.57. The van der Waals surface area contributed by atoms with Crippen LogP contribution < -0.4 is 10.6 Å². The van der Waals surface area contributed by atoms with Crippen LogP contribution in [-0.4, -0.2) is 73.7 Å². The summed E-state index contributed by atoms with van der Waals surface area (Å²) in [4.78, 5) is 10.1. The van der Waals surface area contributed by atoms with Crippen molar-refractivity contribution in [1.29, 1.82) is 0 Å². The van der Waals surface area contributed by atoms with Crippen LogP contribution in [0.1, 0.15) is 65.7 Å². The highest BCUT2D eigenvalue weighted by Gasteiger charge is 2.27. The van der Waals surface area contributed by atoms with Crippen LogP contribution in [0.25, 0.3) is 0 Å². The summed E-state index contributed by atoms with van der Waals surface area (Å²) in [7, 11) is 0. The lowest BCUT2D eigenvalue weighted by Gasteiger charge is -2.40. The highest BCUT2D eigenvalue weighted by atomic mass is 127. The molecule has 0 aromatic rings. The molecule has 0 spiro atoms. The quantitative estimate of drug-likeness (QED) is 0.231. The fourth-order valence-electron chi connectivity index (χ4n) is 3.89. The van der Waals surface area contributed by atoms with Gasteiger partial charge in [0.05, 0.1) is 6.54 Å². The van der Waals surface area contributed by atoms with Gasteiger partial charge in [-0.25, -0.2) is 0 Å². The van der Waals surface area contributed by atoms with Gasteiger partial charge in [-0.2, -0.15) is 0 Å². The molecule has 2 aliphatic heterocycles. The first kappa shape index (κ1) is 24.0. The molecule has 2 aliphatic rings. The van der Waals surface area contributed by atoms with Crippen LogP contribution in [0.3, 0.4) is 0 Å². The van der Waals surface area contributed by atoms with E-state index in [4.69, 9.17) is 4.99 Å². The molecule has 0 aliphatic carbocycles. The topological polar surface area (TPSA) is 42.9 Å². The van der Waals surface area contributed by atoms with Crippen LogP contribution >= 0.6 is 24.0 Å². The number of nitrogens with one attached hydrogen (secondary N) is 2. The second-order valence-electron chi connectivity index (χ2n) is 8.24. The van der Waals surface area contributed by atoms with Gasteiger partial charge in [-0.1, -0.05) is 6.42 Å². The van der Waals surface area contributed by atoms with Crippen molar-refractivity contribution in [2.45, 2.75) is 71.3 Å². The molecule has 0 radical (unpaired) electrons. The number of halogens is 1. The van der Waals surface area contributed by atoms with Gasteiger partial charge in [0.1, 0.15) is 0 Å². The summed E-state index contributed by atoms with van der Waals surface area (Å²) in [5.74, 6) is 0.980. The molecule has 2 rings (SSSR count). The minimum absolute atomic E-state index is 0. The van der Waals surface area contributed by atoms with E-state index >= 15 is 0 Å². The summed E-state index contributed by atoms with van der Waals surface area (Å²) in [6.07, 6.45) is 9.34. The Kier molecular flexibility index (Phi) is 12.1. The zero-order valence-electron chi connectivity index (χ0n) is 17.4. The van der Waals surface area contributed by atoms with E-state index in [2.05, 4.69) is 41.2 Å². The van der Waals surface area contributed by atoms with E-state index in [0.29, 0.717) is 0 Å². The first-order chi connectivity index (χ1) is 12.1. The van der Waals surface area contributed by atoms with Gasteiger partial charge in [0.25, 0.3) is 0 Å². The second kappa shape index (κ2) is 13.2. The predicted molar refractivity (Wildman–Crippen MR) is 124 cm³/mol. The Morgan fingerprint density at radius 2 is 1.58 bits per heavy atom. The van der Waals surface area contributed by atoms with Gasteiger partial charge >= 0.3 is 0 Å². The van der Waals surface area contributed by atoms with Gasteiger partial charge in [-0.15, -0.1) is 24.0 Å². The maximum Gasteiger partial charge on any atom is 0.191 e. The molecule has 6 heteroatoms. The highest BCUT2D eigenvalue weighted by Crippen LogP contribution is 2.20. The normalized spacial score (nSPS) is 20.0. The Labute approximate surface area is 178 Å². The SMILES string of the molecule is CCNC(=NCC(C)(C)N1CCCCC1)NCCCCN1CCCC1.I. The molecule has 154 valence electrons. The van der Waals surface area contributed by atoms with Crippen LogP contribution in [-0.2, 0) is 0 Å². The maximum absolute atomic E-state index is 4.88. The van der Waals surface area contributed by atoms with Gasteiger partial charge < -0.3 is 15.5 Å². The number of nitrogens with zero attached hydrogens (tertiary/aromatic N) is 3. The molecule has 0 atom stereocenters. The molecule has 2 fully saturated rings. The number of hydrogen-bond donors (Lipinski definition) is 2. The largest absolute Gasteiger partial charge is 0.357 e. The summed E-state index contributed by atoms with van der Waals surface area (Å²) in [6.45, 7) is 15.9. The van der Waals surface area contributed by atoms with E-state index < -0.39 is 0 Å². The van der Waals surface area contributed by atoms with E-state index in [1.165, 1.54) is 77.7 Å². The van der Waals surface area contributed by atoms with Crippen molar-refractivity contribution in [3.63, 3.8) is 0 Å². The smallest absolute Gasteiger partial charge is 0.191 e. The van der Waals surface area contributed by atoms with Gasteiger partial charge in [0.15, 0.2) is 5.96 Å². The Bertz CT molecular complexity index is 388. The molecular formula is C20H42IN5. The van der Waals surface area contributed by atoms with E-state index in [0.717, 1.165) is 25.6 Å². The molecule has 0 aromatic carbocycles. The average molecular weight is 479 g/mol. The zero-order chi connectivity index (χ0) is 18.0. The Morgan fingerprint density at radius 3 is 2.23 bits per heavy atom. The van der Waals surface area contributed by atoms with E-state index in [-0.39, 0.29) is 29.5 Å². The number of rotatable bonds is 9. The zero-order valence-corrected chi connectivity index (χ0v) is 19.7. The summed E-state index contributed by atoms with van der Waals surface area (Å²) in [5.41, 5.74) is 0.151. The number of likely N-dealkylation sites (tertiary alicyclic amines) is 2. The van der Waals surface area contributed by atoms with Crippen LogP contribution in [0, 0.1) is 0 Å². The van der Waals surface area contributed by atoms with Crippen LogP contribution in [0.2, 0.25) is 0 Å². The molecule has 2 heterocycles. The van der Waals surface area contributed by atoms with Crippen molar-refractivity contribution in [3.8, 4) is 0 Å². The highest BCUT2D eigenvalue weighted by molar-refractivity contribution is 14.0. The lowest BCUT2D eigenvalue weighted by atomic mass is 9.99. The average Bonchev–Trinajstić information content (AvgIpc) is 3.13.